The summed E-state index contributed by atoms with van der Waals surface area (Å²) in [4.78, 5) is 2.26. The van der Waals surface area contributed by atoms with Crippen LogP contribution in [0, 0.1) is 11.3 Å². The number of ether oxygens (including phenoxy) is 1. The fraction of sp³-hybridized carbons (Fsp3) is 0.316. The number of β-amino-alcohol motifs (C(OH)–C–C–N with tert-alkyl or cyclic N) is 1. The average molecular weight is 308 g/mol. The van der Waals surface area contributed by atoms with Crippen molar-refractivity contribution >= 4 is 0 Å². The Kier molecular flexibility index (Phi) is 4.61. The molecule has 4 heteroatoms. The first kappa shape index (κ1) is 15.5. The van der Waals surface area contributed by atoms with Gasteiger partial charge in [0, 0.05) is 19.1 Å². The van der Waals surface area contributed by atoms with Crippen molar-refractivity contribution in [3.8, 4) is 11.8 Å². The molecule has 2 aromatic rings. The Balaban J connectivity index is 1.83. The lowest BCUT2D eigenvalue weighted by Crippen LogP contribution is -2.24. The lowest BCUT2D eigenvalue weighted by Gasteiger charge is -2.25. The molecule has 0 unspecified atom stereocenters. The molecule has 1 N–H and O–H groups in total. The molecule has 0 spiro atoms. The highest BCUT2D eigenvalue weighted by Gasteiger charge is 2.32. The Hall–Kier alpha value is -2.35. The molecule has 1 saturated heterocycles. The van der Waals surface area contributed by atoms with Gasteiger partial charge >= 0.3 is 0 Å². The zero-order valence-corrected chi connectivity index (χ0v) is 13.1. The highest BCUT2D eigenvalue weighted by Crippen LogP contribution is 2.34. The van der Waals surface area contributed by atoms with E-state index in [1.807, 2.05) is 42.5 Å². The minimum Gasteiger partial charge on any atom is -0.497 e. The van der Waals surface area contributed by atoms with Crippen molar-refractivity contribution in [2.45, 2.75) is 25.1 Å². The third kappa shape index (κ3) is 3.53. The molecule has 1 aliphatic rings. The van der Waals surface area contributed by atoms with Gasteiger partial charge in [-0.1, -0.05) is 24.3 Å². The van der Waals surface area contributed by atoms with Crippen molar-refractivity contribution in [1.29, 1.82) is 5.26 Å². The normalized spacial score (nSPS) is 21.1. The van der Waals surface area contributed by atoms with Gasteiger partial charge < -0.3 is 9.84 Å². The SMILES string of the molecule is COc1cccc([C@H]2C[C@H](O)CN2Cc2cccc(C#N)c2)c1. The van der Waals surface area contributed by atoms with Crippen LogP contribution in [-0.4, -0.2) is 29.8 Å². The van der Waals surface area contributed by atoms with Crippen LogP contribution in [0.25, 0.3) is 0 Å². The topological polar surface area (TPSA) is 56.5 Å². The molecule has 2 atom stereocenters. The number of rotatable bonds is 4. The largest absolute Gasteiger partial charge is 0.497 e. The molecule has 4 nitrogen and oxygen atoms in total. The number of likely N-dealkylation sites (tertiary alicyclic amines) is 1. The smallest absolute Gasteiger partial charge is 0.119 e. The Bertz CT molecular complexity index is 723. The second-order valence-electron chi connectivity index (χ2n) is 5.92. The number of aliphatic hydroxyl groups excluding tert-OH is 1. The predicted octanol–water partition coefficient (Wildman–Crippen LogP) is 2.87. The van der Waals surface area contributed by atoms with E-state index in [1.165, 1.54) is 0 Å². The molecule has 118 valence electrons. The van der Waals surface area contributed by atoms with E-state index in [0.29, 0.717) is 25.1 Å². The highest BCUT2D eigenvalue weighted by molar-refractivity contribution is 5.34. The summed E-state index contributed by atoms with van der Waals surface area (Å²) in [5.74, 6) is 0.829. The van der Waals surface area contributed by atoms with Gasteiger partial charge in [-0.3, -0.25) is 4.90 Å². The van der Waals surface area contributed by atoms with Gasteiger partial charge in [0.15, 0.2) is 0 Å². The first-order valence-electron chi connectivity index (χ1n) is 7.74. The first-order chi connectivity index (χ1) is 11.2. The second-order valence-corrected chi connectivity index (χ2v) is 5.92. The summed E-state index contributed by atoms with van der Waals surface area (Å²) in [5, 5.41) is 19.1. The summed E-state index contributed by atoms with van der Waals surface area (Å²) < 4.78 is 5.31. The third-order valence-electron chi connectivity index (χ3n) is 4.30. The van der Waals surface area contributed by atoms with Crippen LogP contribution in [0.1, 0.15) is 29.2 Å². The Morgan fingerprint density at radius 2 is 2.09 bits per heavy atom. The van der Waals surface area contributed by atoms with Crippen molar-refractivity contribution in [3.63, 3.8) is 0 Å². The van der Waals surface area contributed by atoms with Gasteiger partial charge in [0.1, 0.15) is 5.75 Å². The number of nitrogens with zero attached hydrogens (tertiary/aromatic N) is 2. The fourth-order valence-corrected chi connectivity index (χ4v) is 3.22. The summed E-state index contributed by atoms with van der Waals surface area (Å²) in [6, 6.07) is 18.0. The number of benzene rings is 2. The van der Waals surface area contributed by atoms with Crippen LogP contribution in [0.2, 0.25) is 0 Å². The van der Waals surface area contributed by atoms with E-state index in [0.717, 1.165) is 16.9 Å². The van der Waals surface area contributed by atoms with Crippen molar-refractivity contribution in [3.05, 3.63) is 65.2 Å². The van der Waals surface area contributed by atoms with E-state index in [9.17, 15) is 5.11 Å². The zero-order chi connectivity index (χ0) is 16.2. The maximum atomic E-state index is 10.1. The van der Waals surface area contributed by atoms with Gasteiger partial charge in [-0.25, -0.2) is 0 Å². The van der Waals surface area contributed by atoms with E-state index < -0.39 is 0 Å². The maximum absolute atomic E-state index is 10.1. The van der Waals surface area contributed by atoms with Gasteiger partial charge in [0.25, 0.3) is 0 Å². The lowest BCUT2D eigenvalue weighted by atomic mass is 10.0. The molecule has 0 bridgehead atoms. The molecule has 3 rings (SSSR count). The van der Waals surface area contributed by atoms with E-state index in [2.05, 4.69) is 17.0 Å². The van der Waals surface area contributed by atoms with E-state index in [4.69, 9.17) is 10.00 Å². The first-order valence-corrected chi connectivity index (χ1v) is 7.74. The molecule has 0 saturated carbocycles. The molecule has 0 aliphatic carbocycles. The molecule has 1 fully saturated rings. The van der Waals surface area contributed by atoms with Crippen LogP contribution in [0.5, 0.6) is 5.75 Å². The third-order valence-corrected chi connectivity index (χ3v) is 4.30. The van der Waals surface area contributed by atoms with E-state index in [-0.39, 0.29) is 12.1 Å². The Morgan fingerprint density at radius 3 is 2.87 bits per heavy atom. The standard InChI is InChI=1S/C19H20N2O2/c1-23-18-7-3-6-16(9-18)19-10-17(22)13-21(19)12-15-5-2-4-14(8-15)11-20/h2-9,17,19,22H,10,12-13H2,1H3/t17-,19+/m0/s1. The van der Waals surface area contributed by atoms with Crippen molar-refractivity contribution in [2.75, 3.05) is 13.7 Å². The van der Waals surface area contributed by atoms with Crippen molar-refractivity contribution < 1.29 is 9.84 Å². The average Bonchev–Trinajstić information content (AvgIpc) is 2.95. The number of hydrogen-bond acceptors (Lipinski definition) is 4. The Labute approximate surface area is 136 Å². The summed E-state index contributed by atoms with van der Waals surface area (Å²) in [5.41, 5.74) is 2.91. The summed E-state index contributed by atoms with van der Waals surface area (Å²) in [6.45, 7) is 1.35. The molecule has 23 heavy (non-hydrogen) atoms. The molecular weight excluding hydrogens is 288 g/mol. The molecule has 2 aromatic carbocycles. The van der Waals surface area contributed by atoms with Crippen LogP contribution in [0.15, 0.2) is 48.5 Å². The van der Waals surface area contributed by atoms with Crippen LogP contribution in [0.4, 0.5) is 0 Å². The number of hydrogen-bond donors (Lipinski definition) is 1. The molecule has 0 amide bonds. The molecular formula is C19H20N2O2. The zero-order valence-electron chi connectivity index (χ0n) is 13.1. The number of methoxy groups -OCH3 is 1. The van der Waals surface area contributed by atoms with Crippen LogP contribution in [-0.2, 0) is 6.54 Å². The van der Waals surface area contributed by atoms with Crippen LogP contribution >= 0.6 is 0 Å². The predicted molar refractivity (Wildman–Crippen MR) is 87.9 cm³/mol. The second kappa shape index (κ2) is 6.82. The number of aliphatic hydroxyl groups is 1. The summed E-state index contributed by atoms with van der Waals surface area (Å²) in [6.07, 6.45) is 0.385. The number of nitriles is 1. The van der Waals surface area contributed by atoms with E-state index in [1.54, 1.807) is 7.11 Å². The van der Waals surface area contributed by atoms with Crippen LogP contribution in [0.3, 0.4) is 0 Å². The monoisotopic (exact) mass is 308 g/mol. The minimum atomic E-state index is -0.328. The quantitative estimate of drug-likeness (QED) is 0.943. The highest BCUT2D eigenvalue weighted by atomic mass is 16.5. The molecule has 1 aliphatic heterocycles. The van der Waals surface area contributed by atoms with Crippen molar-refractivity contribution in [1.82, 2.24) is 4.90 Å². The van der Waals surface area contributed by atoms with Crippen LogP contribution < -0.4 is 4.74 Å². The fourth-order valence-electron chi connectivity index (χ4n) is 3.22. The lowest BCUT2D eigenvalue weighted by molar-refractivity contribution is 0.172. The summed E-state index contributed by atoms with van der Waals surface area (Å²) in [7, 11) is 1.66. The Morgan fingerprint density at radius 1 is 1.26 bits per heavy atom. The van der Waals surface area contributed by atoms with Crippen molar-refractivity contribution in [2.24, 2.45) is 0 Å². The van der Waals surface area contributed by atoms with Gasteiger partial charge in [-0.05, 0) is 41.8 Å². The van der Waals surface area contributed by atoms with Gasteiger partial charge in [0.2, 0.25) is 0 Å². The van der Waals surface area contributed by atoms with E-state index >= 15 is 0 Å². The van der Waals surface area contributed by atoms with Gasteiger partial charge in [-0.15, -0.1) is 0 Å². The molecule has 0 radical (unpaired) electrons. The minimum absolute atomic E-state index is 0.158. The van der Waals surface area contributed by atoms with Gasteiger partial charge in [-0.2, -0.15) is 5.26 Å². The molecule has 0 aromatic heterocycles. The molecule has 1 heterocycles. The van der Waals surface area contributed by atoms with Gasteiger partial charge in [0.05, 0.1) is 24.8 Å². The summed E-state index contributed by atoms with van der Waals surface area (Å²) >= 11 is 0. The maximum Gasteiger partial charge on any atom is 0.119 e.